The van der Waals surface area contributed by atoms with E-state index in [4.69, 9.17) is 23.8 Å². The molecule has 7 nitrogen and oxygen atoms in total. The van der Waals surface area contributed by atoms with Gasteiger partial charge in [0.15, 0.2) is 0 Å². The van der Waals surface area contributed by atoms with Crippen LogP contribution in [0.3, 0.4) is 0 Å². The molecule has 0 fully saturated rings. The lowest BCUT2D eigenvalue weighted by Gasteiger charge is -2.02. The van der Waals surface area contributed by atoms with E-state index in [1.54, 1.807) is 17.1 Å². The van der Waals surface area contributed by atoms with E-state index in [-0.39, 0.29) is 0 Å². The van der Waals surface area contributed by atoms with Gasteiger partial charge in [0.1, 0.15) is 10.8 Å². The van der Waals surface area contributed by atoms with Crippen molar-refractivity contribution < 1.29 is 0 Å². The molecule has 0 unspecified atom stereocenters. The number of hydrogen-bond donors (Lipinski definition) is 1. The molecule has 0 atom stereocenters. The quantitative estimate of drug-likeness (QED) is 0.418. The highest BCUT2D eigenvalue weighted by molar-refractivity contribution is 7.71. The summed E-state index contributed by atoms with van der Waals surface area (Å²) in [4.78, 5) is 4.29. The molecule has 0 saturated carbocycles. The molecule has 3 heterocycles. The number of nitrogens with zero attached hydrogens (tertiary/aromatic N) is 6. The first-order chi connectivity index (χ1) is 13.1. The Morgan fingerprint density at radius 1 is 1.15 bits per heavy atom. The highest BCUT2D eigenvalue weighted by atomic mass is 35.5. The van der Waals surface area contributed by atoms with Crippen molar-refractivity contribution in [3.63, 3.8) is 0 Å². The summed E-state index contributed by atoms with van der Waals surface area (Å²) in [6.45, 7) is 1.88. The van der Waals surface area contributed by atoms with Gasteiger partial charge in [-0.05, 0) is 43.4 Å². The van der Waals surface area contributed by atoms with Gasteiger partial charge in [-0.15, -0.1) is 0 Å². The van der Waals surface area contributed by atoms with E-state index in [0.717, 1.165) is 11.4 Å². The minimum absolute atomic E-state index is 0.358. The number of halogens is 1. The van der Waals surface area contributed by atoms with Crippen LogP contribution in [0.25, 0.3) is 17.2 Å². The van der Waals surface area contributed by atoms with Crippen LogP contribution in [-0.2, 0) is 0 Å². The Labute approximate surface area is 165 Å². The van der Waals surface area contributed by atoms with Gasteiger partial charge in [0.05, 0.1) is 23.2 Å². The van der Waals surface area contributed by atoms with E-state index in [9.17, 15) is 0 Å². The third kappa shape index (κ3) is 3.32. The van der Waals surface area contributed by atoms with E-state index in [1.165, 1.54) is 4.68 Å². The van der Waals surface area contributed by atoms with Crippen LogP contribution < -0.4 is 0 Å². The summed E-state index contributed by atoms with van der Waals surface area (Å²) in [7, 11) is 0. The molecule has 1 aromatic carbocycles. The SMILES string of the molecule is Cc1nn(-c2ccccc2)c(Cl)c1/C=N\n1c(-c2ccccn2)n[nH]c1=S. The molecule has 0 aliphatic carbocycles. The summed E-state index contributed by atoms with van der Waals surface area (Å²) in [6, 6.07) is 15.2. The first kappa shape index (κ1) is 17.3. The standard InChI is InChI=1S/C18H14ClN7S/c1-12-14(16(19)25(24-12)13-7-3-2-4-8-13)11-21-26-17(22-23-18(26)27)15-9-5-6-10-20-15/h2-11H,1H3,(H,23,27)/b21-11-. The van der Waals surface area contributed by atoms with Crippen molar-refractivity contribution in [1.82, 2.24) is 29.6 Å². The molecular weight excluding hydrogens is 382 g/mol. The average molecular weight is 396 g/mol. The van der Waals surface area contributed by atoms with Crippen LogP contribution in [0.4, 0.5) is 0 Å². The predicted molar refractivity (Wildman–Crippen MR) is 107 cm³/mol. The largest absolute Gasteiger partial charge is 0.253 e. The summed E-state index contributed by atoms with van der Waals surface area (Å²) >= 11 is 11.8. The van der Waals surface area contributed by atoms with Gasteiger partial charge in [-0.3, -0.25) is 4.98 Å². The molecule has 9 heteroatoms. The van der Waals surface area contributed by atoms with Gasteiger partial charge in [0, 0.05) is 6.20 Å². The number of hydrogen-bond acceptors (Lipinski definition) is 5. The molecule has 0 aliphatic heterocycles. The van der Waals surface area contributed by atoms with Crippen molar-refractivity contribution in [2.24, 2.45) is 5.10 Å². The third-order valence-corrected chi connectivity index (χ3v) is 4.52. The number of aromatic nitrogens is 6. The van der Waals surface area contributed by atoms with E-state index in [0.29, 0.717) is 27.0 Å². The monoisotopic (exact) mass is 395 g/mol. The van der Waals surface area contributed by atoms with Crippen LogP contribution in [0.2, 0.25) is 5.15 Å². The predicted octanol–water partition coefficient (Wildman–Crippen LogP) is 4.03. The summed E-state index contributed by atoms with van der Waals surface area (Å²) in [5, 5.41) is 16.4. The zero-order valence-corrected chi connectivity index (χ0v) is 15.8. The molecule has 1 N–H and O–H groups in total. The molecule has 4 rings (SSSR count). The van der Waals surface area contributed by atoms with Crippen LogP contribution in [-0.4, -0.2) is 35.9 Å². The van der Waals surface area contributed by atoms with Crippen LogP contribution in [0.1, 0.15) is 11.3 Å². The number of aromatic amines is 1. The number of para-hydroxylation sites is 1. The molecule has 27 heavy (non-hydrogen) atoms. The number of aryl methyl sites for hydroxylation is 1. The first-order valence-electron chi connectivity index (χ1n) is 8.09. The fourth-order valence-corrected chi connectivity index (χ4v) is 3.07. The van der Waals surface area contributed by atoms with E-state index in [2.05, 4.69) is 25.4 Å². The fourth-order valence-electron chi connectivity index (χ4n) is 2.57. The van der Waals surface area contributed by atoms with Crippen LogP contribution in [0.5, 0.6) is 0 Å². The number of H-pyrrole nitrogens is 1. The Kier molecular flexibility index (Phi) is 4.66. The number of benzene rings is 1. The Morgan fingerprint density at radius 2 is 1.93 bits per heavy atom. The summed E-state index contributed by atoms with van der Waals surface area (Å²) in [5.74, 6) is 0.515. The molecule has 0 spiro atoms. The topological polar surface area (TPSA) is 76.7 Å². The van der Waals surface area contributed by atoms with Gasteiger partial charge in [-0.1, -0.05) is 35.9 Å². The fraction of sp³-hybridized carbons (Fsp3) is 0.0556. The van der Waals surface area contributed by atoms with Gasteiger partial charge < -0.3 is 0 Å². The first-order valence-corrected chi connectivity index (χ1v) is 8.87. The zero-order valence-electron chi connectivity index (χ0n) is 14.2. The molecule has 0 amide bonds. The van der Waals surface area contributed by atoms with Crippen molar-refractivity contribution in [2.75, 3.05) is 0 Å². The molecule has 3 aromatic heterocycles. The van der Waals surface area contributed by atoms with Crippen molar-refractivity contribution in [3.8, 4) is 17.2 Å². The highest BCUT2D eigenvalue weighted by Crippen LogP contribution is 2.22. The lowest BCUT2D eigenvalue weighted by molar-refractivity contribution is 0.863. The molecule has 134 valence electrons. The molecule has 0 radical (unpaired) electrons. The Balaban J connectivity index is 1.74. The van der Waals surface area contributed by atoms with E-state index >= 15 is 0 Å². The van der Waals surface area contributed by atoms with Crippen LogP contribution in [0, 0.1) is 11.7 Å². The van der Waals surface area contributed by atoms with E-state index < -0.39 is 0 Å². The van der Waals surface area contributed by atoms with Gasteiger partial charge in [-0.25, -0.2) is 9.78 Å². The Morgan fingerprint density at radius 3 is 2.67 bits per heavy atom. The summed E-state index contributed by atoms with van der Waals surface area (Å²) < 4.78 is 3.54. The highest BCUT2D eigenvalue weighted by Gasteiger charge is 2.14. The van der Waals surface area contributed by atoms with Gasteiger partial charge in [0.25, 0.3) is 0 Å². The second-order valence-electron chi connectivity index (χ2n) is 5.66. The van der Waals surface area contributed by atoms with Crippen molar-refractivity contribution >= 4 is 30.0 Å². The third-order valence-electron chi connectivity index (χ3n) is 3.90. The van der Waals surface area contributed by atoms with Crippen LogP contribution in [0.15, 0.2) is 59.8 Å². The Bertz CT molecular complexity index is 1160. The summed E-state index contributed by atoms with van der Waals surface area (Å²) in [6.07, 6.45) is 3.31. The zero-order chi connectivity index (χ0) is 18.8. The van der Waals surface area contributed by atoms with Crippen LogP contribution >= 0.6 is 23.8 Å². The molecule has 4 aromatic rings. The minimum Gasteiger partial charge on any atom is -0.253 e. The number of pyridine rings is 1. The molecule has 0 bridgehead atoms. The second kappa shape index (κ2) is 7.26. The Hall–Kier alpha value is -3.10. The van der Waals surface area contributed by atoms with Gasteiger partial charge in [0.2, 0.25) is 10.6 Å². The maximum Gasteiger partial charge on any atom is 0.216 e. The smallest absolute Gasteiger partial charge is 0.216 e. The molecule has 0 aliphatic rings. The van der Waals surface area contributed by atoms with Crippen molar-refractivity contribution in [3.05, 3.63) is 75.9 Å². The molecule has 0 saturated heterocycles. The molecular formula is C18H14ClN7S. The maximum atomic E-state index is 6.54. The van der Waals surface area contributed by atoms with Gasteiger partial charge >= 0.3 is 0 Å². The van der Waals surface area contributed by atoms with Crippen molar-refractivity contribution in [2.45, 2.75) is 6.92 Å². The minimum atomic E-state index is 0.358. The lowest BCUT2D eigenvalue weighted by Crippen LogP contribution is -1.97. The number of nitrogens with one attached hydrogen (secondary N) is 1. The summed E-state index contributed by atoms with van der Waals surface area (Å²) in [5.41, 5.74) is 2.99. The normalized spacial score (nSPS) is 11.3. The lowest BCUT2D eigenvalue weighted by atomic mass is 10.3. The second-order valence-corrected chi connectivity index (χ2v) is 6.41. The van der Waals surface area contributed by atoms with E-state index in [1.807, 2.05) is 55.5 Å². The number of rotatable bonds is 4. The van der Waals surface area contributed by atoms with Gasteiger partial charge in [-0.2, -0.15) is 20.0 Å². The average Bonchev–Trinajstić information content (AvgIpc) is 3.21. The van der Waals surface area contributed by atoms with Crippen molar-refractivity contribution in [1.29, 1.82) is 0 Å². The maximum absolute atomic E-state index is 6.54.